The lowest BCUT2D eigenvalue weighted by atomic mass is 10.4. The number of aryl methyl sites for hydroxylation is 1. The predicted octanol–water partition coefficient (Wildman–Crippen LogP) is 1.43. The lowest BCUT2D eigenvalue weighted by molar-refractivity contribution is -0.254. The summed E-state index contributed by atoms with van der Waals surface area (Å²) >= 11 is 1.11. The normalized spacial score (nSPS) is 10.6. The summed E-state index contributed by atoms with van der Waals surface area (Å²) in [6.45, 7) is 6.04. The molecule has 0 aliphatic rings. The van der Waals surface area contributed by atoms with Gasteiger partial charge in [0, 0.05) is 19.8 Å². The lowest BCUT2D eigenvalue weighted by Crippen LogP contribution is -2.21. The number of hydrogen-bond acceptors (Lipinski definition) is 6. The average molecular weight is 271 g/mol. The van der Waals surface area contributed by atoms with Crippen LogP contribution in [0.5, 0.6) is 0 Å². The lowest BCUT2D eigenvalue weighted by Gasteiger charge is -2.04. The molecule has 1 aromatic rings. The van der Waals surface area contributed by atoms with Crippen molar-refractivity contribution < 1.29 is 14.6 Å². The van der Waals surface area contributed by atoms with Crippen molar-refractivity contribution in [3.05, 3.63) is 10.6 Å². The summed E-state index contributed by atoms with van der Waals surface area (Å²) in [5, 5.41) is 14.4. The van der Waals surface area contributed by atoms with Crippen molar-refractivity contribution in [2.45, 2.75) is 33.1 Å². The van der Waals surface area contributed by atoms with Crippen LogP contribution in [0.4, 0.5) is 5.13 Å². The fourth-order valence-corrected chi connectivity index (χ4v) is 2.21. The number of nitrogens with one attached hydrogen (secondary N) is 1. The summed E-state index contributed by atoms with van der Waals surface area (Å²) < 4.78 is 5.42. The first-order chi connectivity index (χ1) is 8.65. The van der Waals surface area contributed by atoms with E-state index in [2.05, 4.69) is 17.2 Å². The Hall–Kier alpha value is -1.14. The molecule has 1 rings (SSSR count). The maximum atomic E-state index is 10.7. The third-order valence-electron chi connectivity index (χ3n) is 2.37. The van der Waals surface area contributed by atoms with Crippen LogP contribution < -0.4 is 10.4 Å². The Bertz CT molecular complexity index is 379. The van der Waals surface area contributed by atoms with Crippen LogP contribution in [0.15, 0.2) is 0 Å². The molecule has 0 aliphatic heterocycles. The highest BCUT2D eigenvalue weighted by atomic mass is 32.1. The number of carboxylic acid groups (broad SMARTS) is 1. The van der Waals surface area contributed by atoms with Gasteiger partial charge in [-0.15, -0.1) is 0 Å². The molecule has 0 aliphatic carbocycles. The summed E-state index contributed by atoms with van der Waals surface area (Å²) in [6.07, 6.45) is 3.11. The van der Waals surface area contributed by atoms with Crippen LogP contribution in [0.1, 0.15) is 41.6 Å². The van der Waals surface area contributed by atoms with Gasteiger partial charge >= 0.3 is 0 Å². The van der Waals surface area contributed by atoms with Gasteiger partial charge in [0.15, 0.2) is 5.13 Å². The van der Waals surface area contributed by atoms with Gasteiger partial charge in [-0.05, 0) is 19.8 Å². The van der Waals surface area contributed by atoms with Crippen LogP contribution in [0.25, 0.3) is 0 Å². The minimum atomic E-state index is -1.17. The molecular weight excluding hydrogens is 252 g/mol. The number of rotatable bonds is 9. The molecule has 0 amide bonds. The van der Waals surface area contributed by atoms with Crippen molar-refractivity contribution in [3.63, 3.8) is 0 Å². The minimum absolute atomic E-state index is 0.191. The fourth-order valence-electron chi connectivity index (χ4n) is 1.38. The third-order valence-corrected chi connectivity index (χ3v) is 3.46. The van der Waals surface area contributed by atoms with Crippen molar-refractivity contribution in [3.8, 4) is 0 Å². The van der Waals surface area contributed by atoms with Gasteiger partial charge in [0.2, 0.25) is 0 Å². The van der Waals surface area contributed by atoms with Crippen LogP contribution in [0.2, 0.25) is 0 Å². The van der Waals surface area contributed by atoms with Gasteiger partial charge in [0.05, 0.1) is 16.5 Å². The van der Waals surface area contributed by atoms with Crippen molar-refractivity contribution in [2.24, 2.45) is 0 Å². The smallest absolute Gasteiger partial charge is 0.183 e. The van der Waals surface area contributed by atoms with E-state index in [1.54, 1.807) is 6.92 Å². The SMILES string of the molecule is CCCCOCCCNc1nc(C)c(C(=O)[O-])s1. The summed E-state index contributed by atoms with van der Waals surface area (Å²) in [5.74, 6) is -1.17. The van der Waals surface area contributed by atoms with Gasteiger partial charge in [0.25, 0.3) is 0 Å². The molecule has 0 saturated heterocycles. The van der Waals surface area contributed by atoms with Crippen molar-refractivity contribution >= 4 is 22.4 Å². The van der Waals surface area contributed by atoms with Crippen LogP contribution in [-0.4, -0.2) is 30.7 Å². The second-order valence-corrected chi connectivity index (χ2v) is 4.97. The summed E-state index contributed by atoms with van der Waals surface area (Å²) in [5.41, 5.74) is 0.502. The highest BCUT2D eigenvalue weighted by molar-refractivity contribution is 7.17. The first-order valence-electron chi connectivity index (χ1n) is 6.15. The van der Waals surface area contributed by atoms with Gasteiger partial charge in [-0.1, -0.05) is 24.7 Å². The Morgan fingerprint density at radius 1 is 1.44 bits per heavy atom. The third kappa shape index (κ3) is 5.01. The van der Waals surface area contributed by atoms with Crippen molar-refractivity contribution in [1.29, 1.82) is 0 Å². The van der Waals surface area contributed by atoms with E-state index in [4.69, 9.17) is 4.74 Å². The number of aromatic nitrogens is 1. The number of hydrogen-bond donors (Lipinski definition) is 1. The number of nitrogens with zero attached hydrogens (tertiary/aromatic N) is 1. The molecule has 0 bridgehead atoms. The van der Waals surface area contributed by atoms with Crippen LogP contribution in [-0.2, 0) is 4.74 Å². The molecular formula is C12H19N2O3S-. The molecule has 102 valence electrons. The summed E-state index contributed by atoms with van der Waals surface area (Å²) in [4.78, 5) is 15.0. The van der Waals surface area contributed by atoms with Crippen molar-refractivity contribution in [2.75, 3.05) is 25.1 Å². The number of carbonyl (C=O) groups excluding carboxylic acids is 1. The number of carbonyl (C=O) groups is 1. The topological polar surface area (TPSA) is 74.3 Å². The van der Waals surface area contributed by atoms with E-state index < -0.39 is 5.97 Å². The fraction of sp³-hybridized carbons (Fsp3) is 0.667. The molecule has 0 spiro atoms. The van der Waals surface area contributed by atoms with Crippen LogP contribution >= 0.6 is 11.3 Å². The average Bonchev–Trinajstić information content (AvgIpc) is 2.69. The first kappa shape index (κ1) is 14.9. The molecule has 0 atom stereocenters. The van der Waals surface area contributed by atoms with E-state index in [0.717, 1.165) is 43.8 Å². The van der Waals surface area contributed by atoms with E-state index in [1.807, 2.05) is 0 Å². The Balaban J connectivity index is 2.19. The predicted molar refractivity (Wildman–Crippen MR) is 70.0 cm³/mol. The highest BCUT2D eigenvalue weighted by Crippen LogP contribution is 2.21. The zero-order chi connectivity index (χ0) is 13.4. The number of anilines is 1. The maximum Gasteiger partial charge on any atom is 0.183 e. The van der Waals surface area contributed by atoms with E-state index >= 15 is 0 Å². The largest absolute Gasteiger partial charge is 0.544 e. The number of unbranched alkanes of at least 4 members (excludes halogenated alkanes) is 1. The van der Waals surface area contributed by atoms with Gasteiger partial charge < -0.3 is 20.0 Å². The number of thiazole rings is 1. The minimum Gasteiger partial charge on any atom is -0.544 e. The molecule has 0 radical (unpaired) electrons. The van der Waals surface area contributed by atoms with E-state index in [0.29, 0.717) is 17.4 Å². The second-order valence-electron chi connectivity index (χ2n) is 3.97. The second kappa shape index (κ2) is 8.05. The van der Waals surface area contributed by atoms with E-state index in [-0.39, 0.29) is 4.88 Å². The van der Waals surface area contributed by atoms with Gasteiger partial charge in [0.1, 0.15) is 0 Å². The molecule has 18 heavy (non-hydrogen) atoms. The van der Waals surface area contributed by atoms with Gasteiger partial charge in [-0.2, -0.15) is 0 Å². The number of carboxylic acids is 1. The van der Waals surface area contributed by atoms with Crippen LogP contribution in [0, 0.1) is 6.92 Å². The Morgan fingerprint density at radius 2 is 2.17 bits per heavy atom. The molecule has 0 unspecified atom stereocenters. The molecule has 0 saturated carbocycles. The molecule has 0 fully saturated rings. The summed E-state index contributed by atoms with van der Waals surface area (Å²) in [6, 6.07) is 0. The number of aromatic carboxylic acids is 1. The number of ether oxygens (including phenoxy) is 1. The molecule has 5 nitrogen and oxygen atoms in total. The van der Waals surface area contributed by atoms with E-state index in [9.17, 15) is 9.90 Å². The van der Waals surface area contributed by atoms with E-state index in [1.165, 1.54) is 0 Å². The molecule has 1 heterocycles. The molecule has 6 heteroatoms. The quantitative estimate of drug-likeness (QED) is 0.688. The van der Waals surface area contributed by atoms with Crippen molar-refractivity contribution in [1.82, 2.24) is 4.98 Å². The van der Waals surface area contributed by atoms with Gasteiger partial charge in [-0.25, -0.2) is 4.98 Å². The zero-order valence-electron chi connectivity index (χ0n) is 10.8. The maximum absolute atomic E-state index is 10.7. The monoisotopic (exact) mass is 271 g/mol. The molecule has 1 aromatic heterocycles. The zero-order valence-corrected chi connectivity index (χ0v) is 11.6. The Labute approximate surface area is 111 Å². The molecule has 0 aromatic carbocycles. The molecule has 1 N–H and O–H groups in total. The van der Waals surface area contributed by atoms with Gasteiger partial charge in [-0.3, -0.25) is 0 Å². The standard InChI is InChI=1S/C12H20N2O3S/c1-3-4-7-17-8-5-6-13-12-14-9(2)10(18-12)11(15)16/h3-8H2,1-2H3,(H,13,14)(H,15,16)/p-1. The highest BCUT2D eigenvalue weighted by Gasteiger charge is 2.07. The first-order valence-corrected chi connectivity index (χ1v) is 6.97. The summed E-state index contributed by atoms with van der Waals surface area (Å²) in [7, 11) is 0. The Kier molecular flexibility index (Phi) is 6.67. The Morgan fingerprint density at radius 3 is 2.78 bits per heavy atom. The van der Waals surface area contributed by atoms with Crippen LogP contribution in [0.3, 0.4) is 0 Å².